The van der Waals surface area contributed by atoms with Crippen molar-refractivity contribution >= 4 is 0 Å². The average Bonchev–Trinajstić information content (AvgIpc) is 2.42. The van der Waals surface area contributed by atoms with Gasteiger partial charge in [0.15, 0.2) is 0 Å². The first-order chi connectivity index (χ1) is 9.49. The zero-order chi connectivity index (χ0) is 14.7. The molecule has 0 saturated carbocycles. The fraction of sp³-hybridized carbons (Fsp3) is 0.357. The summed E-state index contributed by atoms with van der Waals surface area (Å²) in [6.07, 6.45) is 0. The van der Waals surface area contributed by atoms with E-state index in [4.69, 9.17) is 0 Å². The van der Waals surface area contributed by atoms with E-state index in [0.717, 1.165) is 16.0 Å². The topological polar surface area (TPSA) is 68.9 Å². The Morgan fingerprint density at radius 3 is 2.60 bits per heavy atom. The van der Waals surface area contributed by atoms with Crippen LogP contribution in [0.5, 0.6) is 0 Å². The highest BCUT2D eigenvalue weighted by Crippen LogP contribution is 1.98. The Morgan fingerprint density at radius 2 is 1.90 bits per heavy atom. The minimum atomic E-state index is -0.317. The number of aromatic nitrogens is 3. The highest BCUT2D eigenvalue weighted by molar-refractivity contribution is 5.10. The minimum absolute atomic E-state index is 0.293. The predicted octanol–water partition coefficient (Wildman–Crippen LogP) is 0.0772. The first-order valence-electron chi connectivity index (χ1n) is 6.38. The van der Waals surface area contributed by atoms with Crippen molar-refractivity contribution in [2.24, 2.45) is 14.1 Å². The van der Waals surface area contributed by atoms with Gasteiger partial charge in [-0.05, 0) is 19.1 Å². The fourth-order valence-electron chi connectivity index (χ4n) is 1.96. The van der Waals surface area contributed by atoms with Crippen LogP contribution in [0.1, 0.15) is 17.1 Å². The van der Waals surface area contributed by atoms with Gasteiger partial charge in [-0.3, -0.25) is 18.9 Å². The molecule has 2 rings (SSSR count). The fourth-order valence-corrected chi connectivity index (χ4v) is 1.96. The standard InChI is InChI=1S/C14H18N4O2/c1-10-5-4-6-11(16-10)8-15-9-12-7-13(19)18(3)14(20)17(12)2/h4-7,15H,8-9H2,1-3H3. The Bertz CT molecular complexity index is 731. The largest absolute Gasteiger partial charge is 0.330 e. The van der Waals surface area contributed by atoms with Crippen molar-refractivity contribution in [2.75, 3.05) is 0 Å². The van der Waals surface area contributed by atoms with Crippen LogP contribution in [0.3, 0.4) is 0 Å². The van der Waals surface area contributed by atoms with E-state index in [-0.39, 0.29) is 11.2 Å². The smallest absolute Gasteiger partial charge is 0.306 e. The van der Waals surface area contributed by atoms with Crippen LogP contribution in [0.25, 0.3) is 0 Å². The van der Waals surface area contributed by atoms with Crippen molar-refractivity contribution in [1.29, 1.82) is 0 Å². The molecule has 0 aromatic carbocycles. The molecule has 20 heavy (non-hydrogen) atoms. The molecule has 0 aliphatic rings. The lowest BCUT2D eigenvalue weighted by Gasteiger charge is -2.10. The number of nitrogens with zero attached hydrogens (tertiary/aromatic N) is 3. The highest BCUT2D eigenvalue weighted by atomic mass is 16.2. The van der Waals surface area contributed by atoms with Crippen LogP contribution in [0.4, 0.5) is 0 Å². The van der Waals surface area contributed by atoms with Crippen LogP contribution in [0.15, 0.2) is 33.9 Å². The van der Waals surface area contributed by atoms with E-state index in [2.05, 4.69) is 10.3 Å². The summed E-state index contributed by atoms with van der Waals surface area (Å²) in [4.78, 5) is 27.8. The molecule has 0 aliphatic carbocycles. The molecule has 6 heteroatoms. The van der Waals surface area contributed by atoms with Gasteiger partial charge in [-0.1, -0.05) is 6.07 Å². The average molecular weight is 274 g/mol. The molecule has 2 aromatic heterocycles. The molecular weight excluding hydrogens is 256 g/mol. The van der Waals surface area contributed by atoms with E-state index < -0.39 is 0 Å². The van der Waals surface area contributed by atoms with Gasteiger partial charge in [0, 0.05) is 44.6 Å². The summed E-state index contributed by atoms with van der Waals surface area (Å²) in [5.74, 6) is 0. The molecule has 2 aromatic rings. The quantitative estimate of drug-likeness (QED) is 0.857. The third-order valence-corrected chi connectivity index (χ3v) is 3.18. The van der Waals surface area contributed by atoms with E-state index in [9.17, 15) is 9.59 Å². The van der Waals surface area contributed by atoms with Crippen molar-refractivity contribution in [3.05, 3.63) is 62.2 Å². The molecule has 0 fully saturated rings. The number of nitrogens with one attached hydrogen (secondary N) is 1. The second-order valence-corrected chi connectivity index (χ2v) is 4.75. The molecule has 106 valence electrons. The summed E-state index contributed by atoms with van der Waals surface area (Å²) < 4.78 is 2.56. The van der Waals surface area contributed by atoms with Crippen LogP contribution in [0, 0.1) is 6.92 Å². The minimum Gasteiger partial charge on any atom is -0.306 e. The Kier molecular flexibility index (Phi) is 4.14. The van der Waals surface area contributed by atoms with Gasteiger partial charge >= 0.3 is 5.69 Å². The zero-order valence-electron chi connectivity index (χ0n) is 11.9. The maximum absolute atomic E-state index is 11.8. The number of hydrogen-bond donors (Lipinski definition) is 1. The van der Waals surface area contributed by atoms with E-state index in [0.29, 0.717) is 18.8 Å². The summed E-state index contributed by atoms with van der Waals surface area (Å²) in [6, 6.07) is 7.29. The molecule has 0 amide bonds. The van der Waals surface area contributed by atoms with E-state index in [1.54, 1.807) is 7.05 Å². The molecule has 6 nitrogen and oxygen atoms in total. The van der Waals surface area contributed by atoms with Gasteiger partial charge in [-0.15, -0.1) is 0 Å². The third-order valence-electron chi connectivity index (χ3n) is 3.18. The first-order valence-corrected chi connectivity index (χ1v) is 6.38. The lowest BCUT2D eigenvalue weighted by Crippen LogP contribution is -2.39. The van der Waals surface area contributed by atoms with Crippen LogP contribution < -0.4 is 16.6 Å². The SMILES string of the molecule is Cc1cccc(CNCc2cc(=O)n(C)c(=O)n2C)n1. The number of pyridine rings is 1. The summed E-state index contributed by atoms with van der Waals surface area (Å²) in [5.41, 5.74) is 1.94. The van der Waals surface area contributed by atoms with Gasteiger partial charge in [-0.25, -0.2) is 4.79 Å². The number of aryl methyl sites for hydroxylation is 1. The van der Waals surface area contributed by atoms with Crippen LogP contribution in [-0.4, -0.2) is 14.1 Å². The summed E-state index contributed by atoms with van der Waals surface area (Å²) >= 11 is 0. The van der Waals surface area contributed by atoms with Gasteiger partial charge in [0.05, 0.1) is 5.69 Å². The lowest BCUT2D eigenvalue weighted by molar-refractivity contribution is 0.596. The second-order valence-electron chi connectivity index (χ2n) is 4.75. The third kappa shape index (κ3) is 3.03. The van der Waals surface area contributed by atoms with Crippen LogP contribution >= 0.6 is 0 Å². The Balaban J connectivity index is 2.09. The van der Waals surface area contributed by atoms with E-state index in [1.807, 2.05) is 25.1 Å². The monoisotopic (exact) mass is 274 g/mol. The van der Waals surface area contributed by atoms with Gasteiger partial charge in [0.25, 0.3) is 5.56 Å². The van der Waals surface area contributed by atoms with Crippen LogP contribution in [-0.2, 0) is 27.2 Å². The van der Waals surface area contributed by atoms with Gasteiger partial charge < -0.3 is 5.32 Å². The van der Waals surface area contributed by atoms with Gasteiger partial charge in [-0.2, -0.15) is 0 Å². The highest BCUT2D eigenvalue weighted by Gasteiger charge is 2.05. The van der Waals surface area contributed by atoms with Crippen molar-refractivity contribution in [2.45, 2.75) is 20.0 Å². The van der Waals surface area contributed by atoms with Crippen molar-refractivity contribution in [3.63, 3.8) is 0 Å². The molecule has 0 radical (unpaired) electrons. The number of rotatable bonds is 4. The molecular formula is C14H18N4O2. The van der Waals surface area contributed by atoms with E-state index >= 15 is 0 Å². The second kappa shape index (κ2) is 5.83. The molecule has 0 saturated heterocycles. The van der Waals surface area contributed by atoms with Crippen LogP contribution in [0.2, 0.25) is 0 Å². The Hall–Kier alpha value is -2.21. The van der Waals surface area contributed by atoms with Gasteiger partial charge in [0.1, 0.15) is 0 Å². The van der Waals surface area contributed by atoms with Gasteiger partial charge in [0.2, 0.25) is 0 Å². The number of hydrogen-bond acceptors (Lipinski definition) is 4. The molecule has 0 aliphatic heterocycles. The van der Waals surface area contributed by atoms with E-state index in [1.165, 1.54) is 17.7 Å². The summed E-state index contributed by atoms with van der Waals surface area (Å²) in [7, 11) is 3.13. The lowest BCUT2D eigenvalue weighted by atomic mass is 10.3. The predicted molar refractivity (Wildman–Crippen MR) is 76.4 cm³/mol. The maximum Gasteiger partial charge on any atom is 0.330 e. The normalized spacial score (nSPS) is 10.8. The van der Waals surface area contributed by atoms with Crippen molar-refractivity contribution in [1.82, 2.24) is 19.4 Å². The molecule has 2 heterocycles. The zero-order valence-corrected chi connectivity index (χ0v) is 11.9. The first kappa shape index (κ1) is 14.2. The Labute approximate surface area is 116 Å². The molecule has 0 unspecified atom stereocenters. The molecule has 0 spiro atoms. The molecule has 1 N–H and O–H groups in total. The molecule has 0 atom stereocenters. The summed E-state index contributed by atoms with van der Waals surface area (Å²) in [6.45, 7) is 2.97. The maximum atomic E-state index is 11.8. The Morgan fingerprint density at radius 1 is 1.15 bits per heavy atom. The van der Waals surface area contributed by atoms with Crippen molar-refractivity contribution < 1.29 is 0 Å². The molecule has 0 bridgehead atoms. The summed E-state index contributed by atoms with van der Waals surface area (Å²) in [5, 5.41) is 3.19. The van der Waals surface area contributed by atoms with Crippen molar-refractivity contribution in [3.8, 4) is 0 Å².